The summed E-state index contributed by atoms with van der Waals surface area (Å²) in [5.74, 6) is -0.502. The molecule has 1 heterocycles. The fraction of sp³-hybridized carbons (Fsp3) is 0.143. The third kappa shape index (κ3) is 4.90. The van der Waals surface area contributed by atoms with Crippen molar-refractivity contribution in [2.75, 3.05) is 4.72 Å². The Kier molecular flexibility index (Phi) is 6.14. The molecule has 0 atom stereocenters. The third-order valence-electron chi connectivity index (χ3n) is 4.43. The SMILES string of the molecule is C/C(=N/NC(=O)c1ccccc1NS(=O)(=O)c1cccs1)c1ccc(C)c(C)c1. The number of nitrogens with one attached hydrogen (secondary N) is 2. The van der Waals surface area contributed by atoms with E-state index in [4.69, 9.17) is 0 Å². The molecule has 2 aromatic carbocycles. The third-order valence-corrected chi connectivity index (χ3v) is 7.19. The molecule has 0 aliphatic carbocycles. The molecule has 1 aromatic heterocycles. The number of para-hydroxylation sites is 1. The van der Waals surface area contributed by atoms with Crippen molar-refractivity contribution in [3.05, 3.63) is 82.2 Å². The molecule has 0 radical (unpaired) electrons. The van der Waals surface area contributed by atoms with Crippen molar-refractivity contribution in [2.24, 2.45) is 5.10 Å². The maximum atomic E-state index is 12.6. The molecular formula is C21H21N3O3S2. The second-order valence-corrected chi connectivity index (χ2v) is 9.38. The molecule has 0 aliphatic heterocycles. The standard InChI is InChI=1S/C21H21N3O3S2/c1-14-10-11-17(13-15(14)2)16(3)22-23-21(25)18-7-4-5-8-19(18)24-29(26,27)20-9-6-12-28-20/h4-13,24H,1-3H3,(H,23,25)/b22-16-. The van der Waals surface area contributed by atoms with Crippen molar-refractivity contribution in [1.29, 1.82) is 0 Å². The van der Waals surface area contributed by atoms with Crippen LogP contribution in [0.5, 0.6) is 0 Å². The van der Waals surface area contributed by atoms with Gasteiger partial charge in [-0.1, -0.05) is 30.3 Å². The van der Waals surface area contributed by atoms with Crippen LogP contribution in [-0.4, -0.2) is 20.0 Å². The van der Waals surface area contributed by atoms with Crippen molar-refractivity contribution in [3.8, 4) is 0 Å². The van der Waals surface area contributed by atoms with E-state index in [1.165, 1.54) is 11.6 Å². The van der Waals surface area contributed by atoms with Crippen LogP contribution in [0.2, 0.25) is 0 Å². The van der Waals surface area contributed by atoms with Gasteiger partial charge in [0.25, 0.3) is 15.9 Å². The molecule has 29 heavy (non-hydrogen) atoms. The van der Waals surface area contributed by atoms with E-state index in [9.17, 15) is 13.2 Å². The summed E-state index contributed by atoms with van der Waals surface area (Å²) < 4.78 is 27.6. The van der Waals surface area contributed by atoms with Crippen molar-refractivity contribution in [1.82, 2.24) is 5.43 Å². The number of carbonyl (C=O) groups excluding carboxylic acids is 1. The molecule has 0 saturated carbocycles. The van der Waals surface area contributed by atoms with Crippen LogP contribution >= 0.6 is 11.3 Å². The van der Waals surface area contributed by atoms with E-state index in [0.717, 1.165) is 22.5 Å². The van der Waals surface area contributed by atoms with E-state index < -0.39 is 15.9 Å². The summed E-state index contributed by atoms with van der Waals surface area (Å²) in [6, 6.07) is 15.5. The molecule has 0 bridgehead atoms. The van der Waals surface area contributed by atoms with Gasteiger partial charge in [0, 0.05) is 0 Å². The van der Waals surface area contributed by atoms with Gasteiger partial charge in [-0.15, -0.1) is 11.3 Å². The second-order valence-electron chi connectivity index (χ2n) is 6.52. The lowest BCUT2D eigenvalue weighted by Crippen LogP contribution is -2.22. The van der Waals surface area contributed by atoms with E-state index in [-0.39, 0.29) is 15.5 Å². The van der Waals surface area contributed by atoms with Crippen LogP contribution in [-0.2, 0) is 10.0 Å². The first-order chi connectivity index (χ1) is 13.8. The molecule has 0 saturated heterocycles. The summed E-state index contributed by atoms with van der Waals surface area (Å²) in [5, 5.41) is 5.85. The number of aryl methyl sites for hydroxylation is 2. The highest BCUT2D eigenvalue weighted by atomic mass is 32.2. The van der Waals surface area contributed by atoms with Crippen molar-refractivity contribution in [2.45, 2.75) is 25.0 Å². The molecule has 0 aliphatic rings. The average Bonchev–Trinajstić information content (AvgIpc) is 3.24. The maximum Gasteiger partial charge on any atom is 0.273 e. The topological polar surface area (TPSA) is 87.6 Å². The van der Waals surface area contributed by atoms with E-state index >= 15 is 0 Å². The Labute approximate surface area is 174 Å². The monoisotopic (exact) mass is 427 g/mol. The molecule has 6 nitrogen and oxygen atoms in total. The molecule has 0 spiro atoms. The first kappa shape index (κ1) is 20.8. The lowest BCUT2D eigenvalue weighted by atomic mass is 10.0. The van der Waals surface area contributed by atoms with Crippen LogP contribution in [0.4, 0.5) is 5.69 Å². The normalized spacial score (nSPS) is 11.9. The first-order valence-electron chi connectivity index (χ1n) is 8.85. The highest BCUT2D eigenvalue weighted by Crippen LogP contribution is 2.23. The Morgan fingerprint density at radius 1 is 1.00 bits per heavy atom. The zero-order chi connectivity index (χ0) is 21.0. The van der Waals surface area contributed by atoms with Crippen molar-refractivity contribution < 1.29 is 13.2 Å². The Balaban J connectivity index is 1.80. The van der Waals surface area contributed by atoms with E-state index in [1.807, 2.05) is 32.0 Å². The quantitative estimate of drug-likeness (QED) is 0.454. The molecule has 0 fully saturated rings. The molecular weight excluding hydrogens is 406 g/mol. The zero-order valence-corrected chi connectivity index (χ0v) is 17.9. The largest absolute Gasteiger partial charge is 0.278 e. The van der Waals surface area contributed by atoms with E-state index in [2.05, 4.69) is 15.2 Å². The number of carbonyl (C=O) groups is 1. The number of hydrogen-bond acceptors (Lipinski definition) is 5. The minimum absolute atomic E-state index is 0.177. The smallest absolute Gasteiger partial charge is 0.273 e. The summed E-state index contributed by atoms with van der Waals surface area (Å²) in [7, 11) is -3.76. The number of sulfonamides is 1. The first-order valence-corrected chi connectivity index (χ1v) is 11.2. The van der Waals surface area contributed by atoms with Gasteiger partial charge >= 0.3 is 0 Å². The van der Waals surface area contributed by atoms with Gasteiger partial charge in [-0.25, -0.2) is 13.8 Å². The predicted molar refractivity (Wildman–Crippen MR) is 117 cm³/mol. The highest BCUT2D eigenvalue weighted by Gasteiger charge is 2.19. The molecule has 0 unspecified atom stereocenters. The number of anilines is 1. The maximum absolute atomic E-state index is 12.6. The fourth-order valence-electron chi connectivity index (χ4n) is 2.61. The van der Waals surface area contributed by atoms with Gasteiger partial charge in [0.2, 0.25) is 0 Å². The van der Waals surface area contributed by atoms with E-state index in [1.54, 1.807) is 42.6 Å². The Bertz CT molecular complexity index is 1170. The van der Waals surface area contributed by atoms with Gasteiger partial charge in [0.05, 0.1) is 17.0 Å². The lowest BCUT2D eigenvalue weighted by molar-refractivity contribution is 0.0955. The molecule has 8 heteroatoms. The second kappa shape index (κ2) is 8.59. The van der Waals surface area contributed by atoms with Crippen LogP contribution < -0.4 is 10.1 Å². The van der Waals surface area contributed by atoms with Crippen LogP contribution in [0.15, 0.2) is 69.3 Å². The predicted octanol–water partition coefficient (Wildman–Crippen LogP) is 4.32. The number of rotatable bonds is 6. The highest BCUT2D eigenvalue weighted by molar-refractivity contribution is 7.94. The Morgan fingerprint density at radius 2 is 1.76 bits per heavy atom. The molecule has 3 rings (SSSR count). The number of benzene rings is 2. The molecule has 150 valence electrons. The Hall–Kier alpha value is -2.97. The molecule has 3 aromatic rings. The summed E-state index contributed by atoms with van der Waals surface area (Å²) in [5.41, 5.74) is 6.75. The van der Waals surface area contributed by atoms with Crippen LogP contribution in [0.25, 0.3) is 0 Å². The van der Waals surface area contributed by atoms with Crippen molar-refractivity contribution in [3.63, 3.8) is 0 Å². The minimum Gasteiger partial charge on any atom is -0.278 e. The number of hydrazone groups is 1. The molecule has 2 N–H and O–H groups in total. The molecule has 1 amide bonds. The number of thiophene rings is 1. The average molecular weight is 428 g/mol. The van der Waals surface area contributed by atoms with Gasteiger partial charge in [-0.05, 0) is 67.1 Å². The van der Waals surface area contributed by atoms with E-state index in [0.29, 0.717) is 5.71 Å². The van der Waals surface area contributed by atoms with Gasteiger partial charge in [0.15, 0.2) is 0 Å². The summed E-state index contributed by atoms with van der Waals surface area (Å²) in [6.07, 6.45) is 0. The number of nitrogens with zero attached hydrogens (tertiary/aromatic N) is 1. The number of amides is 1. The van der Waals surface area contributed by atoms with Crippen LogP contribution in [0.3, 0.4) is 0 Å². The van der Waals surface area contributed by atoms with Gasteiger partial charge in [-0.2, -0.15) is 5.10 Å². The van der Waals surface area contributed by atoms with Crippen molar-refractivity contribution >= 4 is 38.7 Å². The van der Waals surface area contributed by atoms with Gasteiger partial charge in [-0.3, -0.25) is 9.52 Å². The number of hydrogen-bond donors (Lipinski definition) is 2. The summed E-state index contributed by atoms with van der Waals surface area (Å²) in [6.45, 7) is 5.85. The van der Waals surface area contributed by atoms with Gasteiger partial charge < -0.3 is 0 Å². The minimum atomic E-state index is -3.76. The zero-order valence-electron chi connectivity index (χ0n) is 16.3. The Morgan fingerprint density at radius 3 is 2.45 bits per heavy atom. The van der Waals surface area contributed by atoms with Crippen LogP contribution in [0.1, 0.15) is 34.0 Å². The van der Waals surface area contributed by atoms with Crippen LogP contribution in [0, 0.1) is 13.8 Å². The summed E-state index contributed by atoms with van der Waals surface area (Å²) in [4.78, 5) is 12.6. The lowest BCUT2D eigenvalue weighted by Gasteiger charge is -2.11. The fourth-order valence-corrected chi connectivity index (χ4v) is 4.68. The summed E-state index contributed by atoms with van der Waals surface area (Å²) >= 11 is 1.10. The van der Waals surface area contributed by atoms with Gasteiger partial charge in [0.1, 0.15) is 4.21 Å².